The summed E-state index contributed by atoms with van der Waals surface area (Å²) in [7, 11) is 0. The van der Waals surface area contributed by atoms with Crippen molar-refractivity contribution in [2.24, 2.45) is 0 Å². The standard InChI is InChI=1S/C47H39N3O7/c51-24-35-42(54-25-28-14-4-1-5-15-28)43(55-26-29-16-6-2-7-17-29)44(56-27-30-18-8-3-9-19-30)47(57-35)50-34-23-13-11-21-32(34)37-39-38(45(52)49-46(39)53)36-31-20-10-12-22-33(31)48-40(36)41(37)50/h1-23,35,42-44,47-48,51H,24-27H2,(H,49,52,53)/t35-,42-,43+,44-,47-/m1/s1. The van der Waals surface area contributed by atoms with Crippen molar-refractivity contribution in [3.8, 4) is 0 Å². The molecule has 0 bridgehead atoms. The lowest BCUT2D eigenvalue weighted by atomic mass is 9.95. The topological polar surface area (TPSA) is 124 Å². The maximum atomic E-state index is 13.9. The van der Waals surface area contributed by atoms with Crippen LogP contribution in [0.15, 0.2) is 140 Å². The zero-order chi connectivity index (χ0) is 38.5. The van der Waals surface area contributed by atoms with Gasteiger partial charge in [-0.05, 0) is 28.8 Å². The molecule has 0 aliphatic carbocycles. The van der Waals surface area contributed by atoms with E-state index in [9.17, 15) is 14.7 Å². The van der Waals surface area contributed by atoms with Gasteiger partial charge >= 0.3 is 0 Å². The molecule has 57 heavy (non-hydrogen) atoms. The molecule has 5 atom stereocenters. The Hall–Kier alpha value is -6.14. The lowest BCUT2D eigenvalue weighted by molar-refractivity contribution is -0.286. The third-order valence-corrected chi connectivity index (χ3v) is 11.2. The molecule has 8 aromatic rings. The lowest BCUT2D eigenvalue weighted by Crippen LogP contribution is -2.59. The van der Waals surface area contributed by atoms with Gasteiger partial charge in [0.25, 0.3) is 11.8 Å². The maximum Gasteiger partial charge on any atom is 0.259 e. The summed E-state index contributed by atoms with van der Waals surface area (Å²) in [5.41, 5.74) is 6.48. The number of hydrogen-bond donors (Lipinski definition) is 3. The van der Waals surface area contributed by atoms with Crippen LogP contribution in [0.2, 0.25) is 0 Å². The molecule has 6 aromatic carbocycles. The highest BCUT2D eigenvalue weighted by atomic mass is 16.6. The average molecular weight is 758 g/mol. The molecule has 2 aromatic heterocycles. The first kappa shape index (κ1) is 35.3. The van der Waals surface area contributed by atoms with Crippen LogP contribution in [0.25, 0.3) is 43.6 Å². The zero-order valence-corrected chi connectivity index (χ0v) is 30.8. The summed E-state index contributed by atoms with van der Waals surface area (Å²) in [6.07, 6.45) is -4.05. The molecule has 10 heteroatoms. The molecular weight excluding hydrogens is 719 g/mol. The van der Waals surface area contributed by atoms with Crippen LogP contribution >= 0.6 is 0 Å². The van der Waals surface area contributed by atoms with Gasteiger partial charge < -0.3 is 33.6 Å². The van der Waals surface area contributed by atoms with Crippen molar-refractivity contribution in [1.29, 1.82) is 0 Å². The molecule has 10 nitrogen and oxygen atoms in total. The van der Waals surface area contributed by atoms with Crippen LogP contribution in [0.3, 0.4) is 0 Å². The minimum absolute atomic E-state index is 0.233. The van der Waals surface area contributed by atoms with E-state index < -0.39 is 42.5 Å². The van der Waals surface area contributed by atoms with E-state index in [0.717, 1.165) is 38.5 Å². The van der Waals surface area contributed by atoms with Crippen molar-refractivity contribution in [2.45, 2.75) is 50.5 Å². The number of carbonyl (C=O) groups is 2. The van der Waals surface area contributed by atoms with E-state index in [1.165, 1.54) is 0 Å². The smallest absolute Gasteiger partial charge is 0.259 e. The summed E-state index contributed by atoms with van der Waals surface area (Å²) in [5, 5.41) is 16.6. The van der Waals surface area contributed by atoms with Gasteiger partial charge in [-0.1, -0.05) is 127 Å². The number of para-hydroxylation sites is 2. The second-order valence-electron chi connectivity index (χ2n) is 14.6. The van der Waals surface area contributed by atoms with Crippen LogP contribution in [0.1, 0.15) is 43.6 Å². The second kappa shape index (κ2) is 14.7. The molecule has 284 valence electrons. The Balaban J connectivity index is 1.21. The highest BCUT2D eigenvalue weighted by molar-refractivity contribution is 6.39. The number of carbonyl (C=O) groups excluding carboxylic acids is 2. The Kier molecular flexibility index (Phi) is 9.13. The van der Waals surface area contributed by atoms with E-state index in [4.69, 9.17) is 18.9 Å². The summed E-state index contributed by atoms with van der Waals surface area (Å²) in [4.78, 5) is 31.1. The molecule has 10 rings (SSSR count). The fourth-order valence-corrected chi connectivity index (χ4v) is 8.66. The predicted molar refractivity (Wildman–Crippen MR) is 217 cm³/mol. The maximum absolute atomic E-state index is 13.9. The lowest BCUT2D eigenvalue weighted by Gasteiger charge is -2.46. The molecule has 4 heterocycles. The highest BCUT2D eigenvalue weighted by Crippen LogP contribution is 2.47. The molecule has 1 saturated heterocycles. The van der Waals surface area contributed by atoms with Crippen molar-refractivity contribution in [3.63, 3.8) is 0 Å². The van der Waals surface area contributed by atoms with E-state index >= 15 is 0 Å². The number of benzene rings is 6. The number of aliphatic hydroxyl groups is 1. The number of nitrogens with one attached hydrogen (secondary N) is 2. The number of ether oxygens (including phenoxy) is 4. The van der Waals surface area contributed by atoms with E-state index in [-0.39, 0.29) is 26.4 Å². The van der Waals surface area contributed by atoms with E-state index in [2.05, 4.69) is 14.9 Å². The Morgan fingerprint density at radius 1 is 0.579 bits per heavy atom. The molecule has 0 radical (unpaired) electrons. The van der Waals surface area contributed by atoms with E-state index in [0.29, 0.717) is 32.9 Å². The summed E-state index contributed by atoms with van der Waals surface area (Å²) in [5.74, 6) is -0.891. The Morgan fingerprint density at radius 3 is 1.70 bits per heavy atom. The number of hydrogen-bond acceptors (Lipinski definition) is 7. The minimum Gasteiger partial charge on any atom is -0.394 e. The highest BCUT2D eigenvalue weighted by Gasteiger charge is 2.50. The van der Waals surface area contributed by atoms with Gasteiger partial charge in [-0.25, -0.2) is 0 Å². The number of nitrogens with zero attached hydrogens (tertiary/aromatic N) is 1. The number of imide groups is 1. The second-order valence-corrected chi connectivity index (χ2v) is 14.6. The van der Waals surface area contributed by atoms with Crippen LogP contribution < -0.4 is 5.32 Å². The van der Waals surface area contributed by atoms with E-state index in [1.807, 2.05) is 140 Å². The van der Waals surface area contributed by atoms with Crippen LogP contribution in [0, 0.1) is 0 Å². The molecular formula is C47H39N3O7. The Bertz CT molecular complexity index is 2760. The largest absolute Gasteiger partial charge is 0.394 e. The van der Waals surface area contributed by atoms with E-state index in [1.54, 1.807) is 0 Å². The number of aromatic amines is 1. The molecule has 1 fully saturated rings. The number of H-pyrrole nitrogens is 1. The third-order valence-electron chi connectivity index (χ3n) is 11.2. The molecule has 2 aliphatic rings. The van der Waals surface area contributed by atoms with Gasteiger partial charge in [0, 0.05) is 27.1 Å². The first-order chi connectivity index (χ1) is 28.1. The normalized spacial score (nSPS) is 20.8. The minimum atomic E-state index is -0.904. The molecule has 2 amide bonds. The average Bonchev–Trinajstić information content (AvgIpc) is 3.90. The van der Waals surface area contributed by atoms with Crippen molar-refractivity contribution in [2.75, 3.05) is 6.61 Å². The van der Waals surface area contributed by atoms with Gasteiger partial charge in [0.15, 0.2) is 6.23 Å². The fraction of sp³-hybridized carbons (Fsp3) is 0.191. The zero-order valence-electron chi connectivity index (χ0n) is 30.8. The van der Waals surface area contributed by atoms with Crippen LogP contribution in [-0.4, -0.2) is 57.5 Å². The van der Waals surface area contributed by atoms with Crippen LogP contribution in [0.4, 0.5) is 0 Å². The SMILES string of the molecule is O=C1NC(=O)c2c1c1c3ccccc3[nH]c1c1c2c2ccccc2n1[C@@H]1O[C@H](CO)[C@@H](OCc2ccccc2)[C@H](OCc2ccccc2)[C@H]1OCc1ccccc1. The first-order valence-corrected chi connectivity index (χ1v) is 19.2. The third kappa shape index (κ3) is 6.10. The summed E-state index contributed by atoms with van der Waals surface area (Å²) in [6, 6.07) is 45.3. The summed E-state index contributed by atoms with van der Waals surface area (Å²) >= 11 is 0. The fourth-order valence-electron chi connectivity index (χ4n) is 8.66. The van der Waals surface area contributed by atoms with Crippen molar-refractivity contribution >= 4 is 55.4 Å². The van der Waals surface area contributed by atoms with Crippen LogP contribution in [0.5, 0.6) is 0 Å². The number of amides is 2. The van der Waals surface area contributed by atoms with Crippen molar-refractivity contribution in [3.05, 3.63) is 167 Å². The quantitative estimate of drug-likeness (QED) is 0.114. The molecule has 2 aliphatic heterocycles. The van der Waals surface area contributed by atoms with Crippen molar-refractivity contribution < 1.29 is 33.6 Å². The van der Waals surface area contributed by atoms with Crippen molar-refractivity contribution in [1.82, 2.24) is 14.9 Å². The molecule has 0 unspecified atom stereocenters. The number of aliphatic hydroxyl groups excluding tert-OH is 1. The Labute approximate surface area is 327 Å². The predicted octanol–water partition coefficient (Wildman–Crippen LogP) is 7.96. The monoisotopic (exact) mass is 757 g/mol. The van der Waals surface area contributed by atoms with Crippen LogP contribution in [-0.2, 0) is 38.8 Å². The number of aromatic nitrogens is 2. The molecule has 0 saturated carbocycles. The molecule has 3 N–H and O–H groups in total. The van der Waals surface area contributed by atoms with Gasteiger partial charge in [-0.2, -0.15) is 0 Å². The Morgan fingerprint density at radius 2 is 1.09 bits per heavy atom. The van der Waals surface area contributed by atoms with Gasteiger partial charge in [-0.3, -0.25) is 14.9 Å². The number of fused-ring (bicyclic) bond motifs is 10. The number of rotatable bonds is 11. The van der Waals surface area contributed by atoms with Gasteiger partial charge in [0.05, 0.1) is 54.1 Å². The van der Waals surface area contributed by atoms with Gasteiger partial charge in [0.2, 0.25) is 0 Å². The molecule has 0 spiro atoms. The van der Waals surface area contributed by atoms with Gasteiger partial charge in [-0.15, -0.1) is 0 Å². The first-order valence-electron chi connectivity index (χ1n) is 19.2. The summed E-state index contributed by atoms with van der Waals surface area (Å²) in [6.45, 7) is 0.379. The summed E-state index contributed by atoms with van der Waals surface area (Å²) < 4.78 is 29.8. The van der Waals surface area contributed by atoms with Gasteiger partial charge in [0.1, 0.15) is 24.4 Å².